The van der Waals surface area contributed by atoms with Gasteiger partial charge in [0.25, 0.3) is 0 Å². The maximum atomic E-state index is 12.7. The second-order valence-electron chi connectivity index (χ2n) is 8.56. The molecule has 1 aliphatic carbocycles. The van der Waals surface area contributed by atoms with Gasteiger partial charge in [-0.25, -0.2) is 4.79 Å². The number of Topliss-reactive ketones (excluding diaryl/α,β-unsaturated/α-hetero) is 1. The van der Waals surface area contributed by atoms with Gasteiger partial charge in [-0.15, -0.1) is 0 Å². The molecule has 4 heteroatoms. The summed E-state index contributed by atoms with van der Waals surface area (Å²) in [5.41, 5.74) is 0.166. The van der Waals surface area contributed by atoms with Gasteiger partial charge >= 0.3 is 5.97 Å². The van der Waals surface area contributed by atoms with Gasteiger partial charge in [-0.2, -0.15) is 0 Å². The predicted molar refractivity (Wildman–Crippen MR) is 88.9 cm³/mol. The summed E-state index contributed by atoms with van der Waals surface area (Å²) in [7, 11) is 0. The van der Waals surface area contributed by atoms with Gasteiger partial charge in [0.05, 0.1) is 0 Å². The Balaban J connectivity index is 2.06. The van der Waals surface area contributed by atoms with Gasteiger partial charge in [0.2, 0.25) is 0 Å². The van der Waals surface area contributed by atoms with E-state index in [1.807, 2.05) is 13.8 Å². The van der Waals surface area contributed by atoms with E-state index in [1.165, 1.54) is 0 Å². The lowest BCUT2D eigenvalue weighted by atomic mass is 9.68. The maximum absolute atomic E-state index is 12.7. The van der Waals surface area contributed by atoms with Gasteiger partial charge < -0.3 is 9.84 Å². The Morgan fingerprint density at radius 2 is 1.78 bits per heavy atom. The normalized spacial score (nSPS) is 29.1. The lowest BCUT2D eigenvalue weighted by Crippen LogP contribution is -2.30. The maximum Gasteiger partial charge on any atom is 0.346 e. The number of carbonyl (C=O) groups is 2. The Hall–Kier alpha value is -1.32. The molecule has 0 spiro atoms. The van der Waals surface area contributed by atoms with Crippen LogP contribution in [0.25, 0.3) is 0 Å². The lowest BCUT2D eigenvalue weighted by molar-refractivity contribution is -0.142. The SMILES string of the molecule is CC(C)CC1OC(=O)C(C(=O)C2CCC(C(C)(C)C)CC2)=C1O. The molecule has 0 radical (unpaired) electrons. The van der Waals surface area contributed by atoms with Crippen LogP contribution in [0.2, 0.25) is 0 Å². The predicted octanol–water partition coefficient (Wildman–Crippen LogP) is 4.19. The molecule has 1 saturated carbocycles. The molecule has 1 N–H and O–H groups in total. The standard InChI is InChI=1S/C19H30O4/c1-11(2)10-14-17(21)15(18(22)23-14)16(20)12-6-8-13(9-7-12)19(3,4)5/h11-14,21H,6-10H2,1-5H3. The van der Waals surface area contributed by atoms with Gasteiger partial charge in [-0.3, -0.25) is 4.79 Å². The zero-order chi connectivity index (χ0) is 17.4. The number of hydrogen-bond acceptors (Lipinski definition) is 4. The molecule has 0 amide bonds. The van der Waals surface area contributed by atoms with E-state index >= 15 is 0 Å². The van der Waals surface area contributed by atoms with Gasteiger partial charge in [0.1, 0.15) is 5.57 Å². The van der Waals surface area contributed by atoms with Crippen LogP contribution in [-0.2, 0) is 14.3 Å². The number of aliphatic hydroxyl groups excluding tert-OH is 1. The van der Waals surface area contributed by atoms with Gasteiger partial charge in [-0.1, -0.05) is 34.6 Å². The number of rotatable bonds is 4. The number of ketones is 1. The molecule has 1 heterocycles. The van der Waals surface area contributed by atoms with E-state index in [1.54, 1.807) is 0 Å². The van der Waals surface area contributed by atoms with E-state index in [2.05, 4.69) is 20.8 Å². The van der Waals surface area contributed by atoms with Crippen molar-refractivity contribution in [3.8, 4) is 0 Å². The molecule has 23 heavy (non-hydrogen) atoms. The first-order valence-corrected chi connectivity index (χ1v) is 8.79. The second kappa shape index (κ2) is 6.66. The Morgan fingerprint density at radius 1 is 1.22 bits per heavy atom. The van der Waals surface area contributed by atoms with Crippen molar-refractivity contribution < 1.29 is 19.4 Å². The number of esters is 1. The number of aliphatic hydroxyl groups is 1. The molecule has 130 valence electrons. The average Bonchev–Trinajstić information content (AvgIpc) is 2.71. The lowest BCUT2D eigenvalue weighted by Gasteiger charge is -2.36. The highest BCUT2D eigenvalue weighted by Crippen LogP contribution is 2.41. The first kappa shape index (κ1) is 18.0. The highest BCUT2D eigenvalue weighted by atomic mass is 16.6. The van der Waals surface area contributed by atoms with Crippen molar-refractivity contribution >= 4 is 11.8 Å². The molecule has 1 fully saturated rings. The van der Waals surface area contributed by atoms with Crippen LogP contribution in [-0.4, -0.2) is 23.0 Å². The molecule has 0 bridgehead atoms. The van der Waals surface area contributed by atoms with E-state index in [0.717, 1.165) is 25.7 Å². The largest absolute Gasteiger partial charge is 0.507 e. The van der Waals surface area contributed by atoms with Crippen LogP contribution < -0.4 is 0 Å². The van der Waals surface area contributed by atoms with E-state index in [0.29, 0.717) is 12.3 Å². The third kappa shape index (κ3) is 3.96. The fourth-order valence-corrected chi connectivity index (χ4v) is 3.75. The molecular formula is C19H30O4. The van der Waals surface area contributed by atoms with Gasteiger partial charge in [-0.05, 0) is 49.4 Å². The Bertz CT molecular complexity index is 502. The van der Waals surface area contributed by atoms with Crippen molar-refractivity contribution in [2.75, 3.05) is 0 Å². The van der Waals surface area contributed by atoms with E-state index in [9.17, 15) is 14.7 Å². The monoisotopic (exact) mass is 322 g/mol. The molecule has 1 atom stereocenters. The van der Waals surface area contributed by atoms with E-state index in [4.69, 9.17) is 4.74 Å². The summed E-state index contributed by atoms with van der Waals surface area (Å²) < 4.78 is 5.20. The molecule has 0 saturated heterocycles. The van der Waals surface area contributed by atoms with Gasteiger partial charge in [0, 0.05) is 5.92 Å². The molecular weight excluding hydrogens is 292 g/mol. The third-order valence-electron chi connectivity index (χ3n) is 5.27. The summed E-state index contributed by atoms with van der Waals surface area (Å²) in [6, 6.07) is 0. The van der Waals surface area contributed by atoms with Crippen LogP contribution in [0.5, 0.6) is 0 Å². The number of carbonyl (C=O) groups excluding carboxylic acids is 2. The zero-order valence-electron chi connectivity index (χ0n) is 15.0. The minimum Gasteiger partial charge on any atom is -0.507 e. The molecule has 0 aromatic heterocycles. The first-order valence-electron chi connectivity index (χ1n) is 8.79. The van der Waals surface area contributed by atoms with Crippen molar-refractivity contribution in [2.24, 2.45) is 23.2 Å². The van der Waals surface area contributed by atoms with Crippen LogP contribution in [0.15, 0.2) is 11.3 Å². The third-order valence-corrected chi connectivity index (χ3v) is 5.27. The van der Waals surface area contributed by atoms with E-state index in [-0.39, 0.29) is 34.4 Å². The zero-order valence-corrected chi connectivity index (χ0v) is 15.0. The highest BCUT2D eigenvalue weighted by Gasteiger charge is 2.42. The second-order valence-corrected chi connectivity index (χ2v) is 8.56. The van der Waals surface area contributed by atoms with Crippen LogP contribution in [0.4, 0.5) is 0 Å². The fraction of sp³-hybridized carbons (Fsp3) is 0.789. The quantitative estimate of drug-likeness (QED) is 0.622. The minimum atomic E-state index is -0.646. The fourth-order valence-electron chi connectivity index (χ4n) is 3.75. The molecule has 0 aromatic rings. The summed E-state index contributed by atoms with van der Waals surface area (Å²) in [5, 5.41) is 10.3. The Morgan fingerprint density at radius 3 is 2.26 bits per heavy atom. The smallest absolute Gasteiger partial charge is 0.346 e. The summed E-state index contributed by atoms with van der Waals surface area (Å²) in [6.07, 6.45) is 3.48. The van der Waals surface area contributed by atoms with Crippen LogP contribution >= 0.6 is 0 Å². The van der Waals surface area contributed by atoms with Crippen molar-refractivity contribution in [2.45, 2.75) is 72.8 Å². The summed E-state index contributed by atoms with van der Waals surface area (Å²) in [5.74, 6) is -0.269. The number of cyclic esters (lactones) is 1. The van der Waals surface area contributed by atoms with Crippen molar-refractivity contribution in [3.05, 3.63) is 11.3 Å². The summed E-state index contributed by atoms with van der Waals surface area (Å²) in [4.78, 5) is 24.7. The van der Waals surface area contributed by atoms with E-state index < -0.39 is 12.1 Å². The number of hydrogen-bond donors (Lipinski definition) is 1. The Kier molecular flexibility index (Phi) is 5.22. The van der Waals surface area contributed by atoms with Crippen molar-refractivity contribution in [1.29, 1.82) is 0 Å². The average molecular weight is 322 g/mol. The Labute approximate surface area is 139 Å². The molecule has 1 unspecified atom stereocenters. The molecule has 1 aliphatic heterocycles. The van der Waals surface area contributed by atoms with Crippen LogP contribution in [0.1, 0.15) is 66.7 Å². The molecule has 4 nitrogen and oxygen atoms in total. The summed E-state index contributed by atoms with van der Waals surface area (Å²) in [6.45, 7) is 10.7. The van der Waals surface area contributed by atoms with Crippen molar-refractivity contribution in [1.82, 2.24) is 0 Å². The summed E-state index contributed by atoms with van der Waals surface area (Å²) >= 11 is 0. The van der Waals surface area contributed by atoms with Crippen LogP contribution in [0.3, 0.4) is 0 Å². The molecule has 2 aliphatic rings. The molecule has 2 rings (SSSR count). The topological polar surface area (TPSA) is 63.6 Å². The van der Waals surface area contributed by atoms with Gasteiger partial charge in [0.15, 0.2) is 17.6 Å². The van der Waals surface area contributed by atoms with Crippen molar-refractivity contribution in [3.63, 3.8) is 0 Å². The van der Waals surface area contributed by atoms with Crippen LogP contribution in [0, 0.1) is 23.2 Å². The minimum absolute atomic E-state index is 0.0881. The number of ether oxygens (including phenoxy) is 1. The highest BCUT2D eigenvalue weighted by molar-refractivity contribution is 6.19. The first-order chi connectivity index (χ1) is 10.6. The molecule has 0 aromatic carbocycles.